The van der Waals surface area contributed by atoms with Crippen LogP contribution in [0.1, 0.15) is 78.6 Å². The highest BCUT2D eigenvalue weighted by molar-refractivity contribution is 5.80. The van der Waals surface area contributed by atoms with Gasteiger partial charge in [-0.15, -0.1) is 0 Å². The van der Waals surface area contributed by atoms with Gasteiger partial charge in [0, 0.05) is 38.5 Å². The molecule has 2 bridgehead atoms. The lowest BCUT2D eigenvalue weighted by atomic mass is 9.82. The predicted octanol–water partition coefficient (Wildman–Crippen LogP) is 0.840. The summed E-state index contributed by atoms with van der Waals surface area (Å²) in [6, 6.07) is -1.13. The maximum atomic E-state index is 12.6. The van der Waals surface area contributed by atoms with E-state index in [1.54, 1.807) is 48.6 Å². The van der Waals surface area contributed by atoms with E-state index in [2.05, 4.69) is 0 Å². The summed E-state index contributed by atoms with van der Waals surface area (Å²) in [5.41, 5.74) is 5.99. The second kappa shape index (κ2) is 22.7. The lowest BCUT2D eigenvalue weighted by molar-refractivity contribution is -0.310. The van der Waals surface area contributed by atoms with Crippen LogP contribution in [0.4, 0.5) is 0 Å². The third-order valence-corrected chi connectivity index (χ3v) is 10.4. The fourth-order valence-electron chi connectivity index (χ4n) is 6.85. The number of esters is 1. The van der Waals surface area contributed by atoms with E-state index in [0.717, 1.165) is 6.42 Å². The number of Topliss-reactive ketones (excluding diaryl/α,β-unsaturated/α-hetero) is 1. The fourth-order valence-corrected chi connectivity index (χ4v) is 6.85. The monoisotopic (exact) mass is 795 g/mol. The number of nitrogens with two attached hydrogens (primary N) is 1. The number of aliphatic hydroxyl groups is 7. The van der Waals surface area contributed by atoms with Gasteiger partial charge in [-0.1, -0.05) is 81.0 Å². The van der Waals surface area contributed by atoms with Gasteiger partial charge in [0.15, 0.2) is 12.1 Å². The van der Waals surface area contributed by atoms with Gasteiger partial charge in [0.2, 0.25) is 0 Å². The summed E-state index contributed by atoms with van der Waals surface area (Å²) >= 11 is 0. The molecule has 0 aliphatic carbocycles. The summed E-state index contributed by atoms with van der Waals surface area (Å²) in [5.74, 6) is -6.47. The zero-order valence-corrected chi connectivity index (χ0v) is 32.2. The van der Waals surface area contributed by atoms with Crippen LogP contribution in [0.3, 0.4) is 0 Å². The van der Waals surface area contributed by atoms with E-state index in [0.29, 0.717) is 6.42 Å². The number of hydrogen-bond acceptors (Lipinski definition) is 15. The van der Waals surface area contributed by atoms with Gasteiger partial charge >= 0.3 is 11.9 Å². The molecule has 3 heterocycles. The molecule has 2 fully saturated rings. The second-order valence-corrected chi connectivity index (χ2v) is 15.0. The molecule has 3 aliphatic rings. The molecule has 56 heavy (non-hydrogen) atoms. The molecule has 10 N–H and O–H groups in total. The number of carboxylic acids is 1. The lowest BCUT2D eigenvalue weighted by Crippen LogP contribution is -2.61. The molecule has 316 valence electrons. The van der Waals surface area contributed by atoms with E-state index in [1.165, 1.54) is 13.0 Å². The molecule has 0 saturated carbocycles. The van der Waals surface area contributed by atoms with Crippen LogP contribution < -0.4 is 5.73 Å². The highest BCUT2D eigenvalue weighted by Crippen LogP contribution is 2.38. The molecule has 10 unspecified atom stereocenters. The normalized spacial score (nSPS) is 41.4. The van der Waals surface area contributed by atoms with Crippen LogP contribution in [-0.2, 0) is 33.3 Å². The second-order valence-electron chi connectivity index (χ2n) is 15.0. The molecule has 0 amide bonds. The first-order valence-corrected chi connectivity index (χ1v) is 19.3. The van der Waals surface area contributed by atoms with Gasteiger partial charge in [-0.05, 0) is 19.3 Å². The van der Waals surface area contributed by atoms with Crippen molar-refractivity contribution < 1.29 is 74.2 Å². The van der Waals surface area contributed by atoms with Crippen molar-refractivity contribution in [2.45, 2.75) is 158 Å². The first-order chi connectivity index (χ1) is 26.4. The number of cyclic esters (lactones) is 1. The predicted molar refractivity (Wildman–Crippen MR) is 201 cm³/mol. The molecule has 2 saturated heterocycles. The lowest BCUT2D eigenvalue weighted by Gasteiger charge is -2.45. The smallest absolute Gasteiger partial charge is 0.311 e. The molecular weight excluding hydrogens is 734 g/mol. The molecule has 0 spiro atoms. The average Bonchev–Trinajstić information content (AvgIpc) is 3.11. The number of carboxylic acid groups (broad SMARTS) is 1. The van der Waals surface area contributed by atoms with Gasteiger partial charge in [-0.2, -0.15) is 0 Å². The molecule has 3 rings (SSSR count). The Morgan fingerprint density at radius 2 is 1.55 bits per heavy atom. The Kier molecular flexibility index (Phi) is 19.2. The Balaban J connectivity index is 1.91. The van der Waals surface area contributed by atoms with Crippen molar-refractivity contribution in [3.63, 3.8) is 0 Å². The van der Waals surface area contributed by atoms with Crippen molar-refractivity contribution in [1.82, 2.24) is 0 Å². The van der Waals surface area contributed by atoms with Crippen LogP contribution in [-0.4, -0.2) is 138 Å². The van der Waals surface area contributed by atoms with Crippen molar-refractivity contribution >= 4 is 17.7 Å². The number of carbonyl (C=O) groups is 3. The van der Waals surface area contributed by atoms with E-state index < -0.39 is 128 Å². The number of carbonyl (C=O) groups excluding carboxylic acids is 2. The molecule has 0 aromatic heterocycles. The number of aliphatic hydroxyl groups excluding tert-OH is 6. The van der Waals surface area contributed by atoms with Crippen molar-refractivity contribution in [2.24, 2.45) is 17.6 Å². The van der Waals surface area contributed by atoms with Crippen molar-refractivity contribution in [3.05, 3.63) is 60.8 Å². The van der Waals surface area contributed by atoms with Crippen LogP contribution in [0.15, 0.2) is 60.8 Å². The number of ether oxygens (including phenoxy) is 4. The quantitative estimate of drug-likeness (QED) is 0.174. The zero-order chi connectivity index (χ0) is 41.6. The summed E-state index contributed by atoms with van der Waals surface area (Å²) < 4.78 is 23.2. The van der Waals surface area contributed by atoms with Gasteiger partial charge in [0.05, 0.1) is 61.3 Å². The van der Waals surface area contributed by atoms with Crippen LogP contribution in [0.2, 0.25) is 0 Å². The Morgan fingerprint density at radius 3 is 2.20 bits per heavy atom. The first kappa shape index (κ1) is 47.2. The third-order valence-electron chi connectivity index (χ3n) is 10.4. The van der Waals surface area contributed by atoms with E-state index >= 15 is 0 Å². The van der Waals surface area contributed by atoms with Gasteiger partial charge < -0.3 is 65.5 Å². The Hall–Kier alpha value is -3.13. The maximum absolute atomic E-state index is 12.6. The minimum absolute atomic E-state index is 0.0294. The van der Waals surface area contributed by atoms with Crippen molar-refractivity contribution in [3.8, 4) is 0 Å². The number of ketones is 1. The highest BCUT2D eigenvalue weighted by Gasteiger charge is 2.51. The summed E-state index contributed by atoms with van der Waals surface area (Å²) in [4.78, 5) is 37.7. The van der Waals surface area contributed by atoms with Crippen LogP contribution in [0.25, 0.3) is 0 Å². The molecule has 3 aliphatic heterocycles. The van der Waals surface area contributed by atoms with E-state index in [1.807, 2.05) is 19.9 Å². The fraction of sp³-hybridized carbons (Fsp3) is 0.675. The minimum atomic E-state index is -2.34. The van der Waals surface area contributed by atoms with Gasteiger partial charge in [0.25, 0.3) is 0 Å². The standard InChI is InChI=1S/C40H61NO15/c1-4-23(2)31-15-13-11-9-7-5-6-8-10-12-14-27(54-39-37(49)35(41)36(48)24(3)53-39)20-32-34(38(50)51)30(46)22-40(52,56-32)21-29(45)28(44)17-16-25(42)18-26(43)19-33(47)55-31/h5-14,23-24,26-32,34-37,39,43-46,48-49,52H,4,15-22,41H2,1-3H3,(H,50,51)/b6-5-,9-7-,10-8+,13-11?,14-12?/t23?,24-,26?,27?,28?,29?,30?,31?,32?,34?,35+,36-,37+,39+,40?/m1/s1. The number of rotatable bonds is 5. The van der Waals surface area contributed by atoms with E-state index in [4.69, 9.17) is 24.7 Å². The summed E-state index contributed by atoms with van der Waals surface area (Å²) in [7, 11) is 0. The first-order valence-electron chi connectivity index (χ1n) is 19.3. The molecule has 15 atom stereocenters. The minimum Gasteiger partial charge on any atom is -0.481 e. The summed E-state index contributed by atoms with van der Waals surface area (Å²) in [5, 5.41) is 85.5. The van der Waals surface area contributed by atoms with Crippen LogP contribution in [0, 0.1) is 11.8 Å². The Bertz CT molecular complexity index is 1420. The van der Waals surface area contributed by atoms with Crippen LogP contribution in [0.5, 0.6) is 0 Å². The van der Waals surface area contributed by atoms with E-state index in [-0.39, 0.29) is 25.2 Å². The molecule has 0 aromatic carbocycles. The van der Waals surface area contributed by atoms with Gasteiger partial charge in [0.1, 0.15) is 23.9 Å². The number of hydrogen-bond donors (Lipinski definition) is 9. The molecule has 16 heteroatoms. The van der Waals surface area contributed by atoms with E-state index in [9.17, 15) is 55.2 Å². The zero-order valence-electron chi connectivity index (χ0n) is 32.2. The average molecular weight is 796 g/mol. The Labute approximate surface area is 327 Å². The number of aliphatic carboxylic acids is 1. The van der Waals surface area contributed by atoms with Crippen LogP contribution >= 0.6 is 0 Å². The molecule has 0 aromatic rings. The van der Waals surface area contributed by atoms with Crippen molar-refractivity contribution in [1.29, 1.82) is 0 Å². The molecular formula is C40H61NO15. The summed E-state index contributed by atoms with van der Waals surface area (Å²) in [6.45, 7) is 5.45. The van der Waals surface area contributed by atoms with Gasteiger partial charge in [-0.3, -0.25) is 14.4 Å². The molecule has 16 nitrogen and oxygen atoms in total. The maximum Gasteiger partial charge on any atom is 0.311 e. The summed E-state index contributed by atoms with van der Waals surface area (Å²) in [6.07, 6.45) is 1.21. The van der Waals surface area contributed by atoms with Crippen molar-refractivity contribution in [2.75, 3.05) is 0 Å². The molecule has 0 radical (unpaired) electrons. The number of fused-ring (bicyclic) bond motifs is 2. The Morgan fingerprint density at radius 1 is 0.929 bits per heavy atom. The highest BCUT2D eigenvalue weighted by atomic mass is 16.7. The SMILES string of the molecule is CCC(C)C1CC=C\C=C/C=C\C=C\C=CC(O[C@@H]2O[C@H](C)[C@@H](O)[C@H](N)[C@@H]2O)CC2OC(O)(CC(O)C(O)CCC(=O)CC(O)CC(=O)O1)CC(O)C2C(=O)O. The topological polar surface area (TPSA) is 276 Å². The van der Waals surface area contributed by atoms with Gasteiger partial charge in [-0.25, -0.2) is 0 Å². The largest absolute Gasteiger partial charge is 0.481 e. The third kappa shape index (κ3) is 14.7. The number of allylic oxidation sites excluding steroid dienone is 8.